The lowest BCUT2D eigenvalue weighted by molar-refractivity contribution is -0.145. The van der Waals surface area contributed by atoms with E-state index in [0.717, 1.165) is 0 Å². The summed E-state index contributed by atoms with van der Waals surface area (Å²) >= 11 is 0. The first-order valence-corrected chi connectivity index (χ1v) is 21.9. The Kier molecular flexibility index (Phi) is 20.4. The summed E-state index contributed by atoms with van der Waals surface area (Å²) < 4.78 is 0. The summed E-state index contributed by atoms with van der Waals surface area (Å²) in [5.74, 6) is -7.26. The summed E-state index contributed by atoms with van der Waals surface area (Å²) in [7, 11) is 0. The fourth-order valence-electron chi connectivity index (χ4n) is 7.14. The molecule has 0 saturated carbocycles. The monoisotopic (exact) mass is 938 g/mol. The predicted molar refractivity (Wildman–Crippen MR) is 236 cm³/mol. The molecule has 67 heavy (non-hydrogen) atoms. The van der Waals surface area contributed by atoms with Crippen molar-refractivity contribution < 1.29 is 48.3 Å². The van der Waals surface area contributed by atoms with Crippen LogP contribution in [-0.4, -0.2) is 162 Å². The number of aromatic amines is 3. The van der Waals surface area contributed by atoms with Crippen molar-refractivity contribution in [3.05, 3.63) is 54.7 Å². The van der Waals surface area contributed by atoms with Gasteiger partial charge in [0.25, 0.3) is 0 Å². The number of H-pyrrole nitrogens is 3. The molecule has 0 aliphatic carbocycles. The minimum Gasteiger partial charge on any atom is -0.480 e. The fourth-order valence-corrected chi connectivity index (χ4v) is 7.14. The van der Waals surface area contributed by atoms with Crippen LogP contribution < -0.4 is 48.7 Å². The molecular weight excluding hydrogens is 877 g/mol. The second kappa shape index (κ2) is 26.1. The van der Waals surface area contributed by atoms with Gasteiger partial charge >= 0.3 is 5.97 Å². The molecule has 3 aromatic heterocycles. The maximum atomic E-state index is 13.7. The number of nitrogens with two attached hydrogens (primary N) is 2. The number of nitrogens with one attached hydrogen (secondary N) is 10. The summed E-state index contributed by atoms with van der Waals surface area (Å²) in [6.07, 6.45) is 10.6. The SMILES string of the molecule is CC(C)[C@H](NC(=O)CNC(=O)[C@H](C)NC(=O)CNC(=O)[C@H](Cc1cnc[nH]1)NC(=O)[C@H](Cc1cnc[nH]1)NC(=O)[C@@H](N)Cc1cnc[nH]1)C(=O)N1CCC[C@H]1C(=O)N[C@@H](CCCCN)C(=O)O. The molecule has 1 saturated heterocycles. The molecule has 8 amide bonds. The van der Waals surface area contributed by atoms with Crippen molar-refractivity contribution in [2.75, 3.05) is 26.2 Å². The van der Waals surface area contributed by atoms with Crippen LogP contribution in [0.1, 0.15) is 70.0 Å². The number of unbranched alkanes of at least 4 members (excludes halogenated alkanes) is 1. The van der Waals surface area contributed by atoms with E-state index in [0.29, 0.717) is 49.3 Å². The number of imidazole rings is 3. The van der Waals surface area contributed by atoms with E-state index >= 15 is 0 Å². The Hall–Kier alpha value is -7.22. The Morgan fingerprint density at radius 2 is 1.24 bits per heavy atom. The number of aromatic nitrogens is 6. The standard InChI is InChI=1S/C41H62N16O10/c1-22(2)34(40(65)57-10-6-8-31(57)39(64)53-28(41(66)67)7-4-5-9-42)56-33(59)18-47-35(60)23(3)52-32(58)17-48-37(62)29(12-25-15-45-20-50-25)55-38(63)30(13-26-16-46-21-51-26)54-36(61)27(43)11-24-14-44-19-49-24/h14-16,19-23,27-31,34H,4-13,17-18,42-43H2,1-3H3,(H,44,49)(H,45,50)(H,46,51)(H,47,60)(H,48,62)(H,52,58)(H,53,64)(H,54,61)(H,55,63)(H,56,59)(H,66,67)/t23-,27-,28-,29-,30-,31-,34-/m0/s1. The molecule has 26 heteroatoms. The molecule has 3 aromatic rings. The van der Waals surface area contributed by atoms with E-state index in [-0.39, 0.29) is 32.2 Å². The molecule has 0 radical (unpaired) electrons. The van der Waals surface area contributed by atoms with Crippen LogP contribution in [0, 0.1) is 5.92 Å². The number of likely N-dealkylation sites (tertiary alicyclic amines) is 1. The van der Waals surface area contributed by atoms with Crippen molar-refractivity contribution in [1.29, 1.82) is 0 Å². The van der Waals surface area contributed by atoms with E-state index in [4.69, 9.17) is 11.5 Å². The first kappa shape index (κ1) is 52.4. The van der Waals surface area contributed by atoms with Gasteiger partial charge < -0.3 is 73.6 Å². The first-order valence-electron chi connectivity index (χ1n) is 21.9. The zero-order valence-electron chi connectivity index (χ0n) is 37.6. The van der Waals surface area contributed by atoms with Crippen molar-refractivity contribution >= 4 is 53.2 Å². The third kappa shape index (κ3) is 16.6. The van der Waals surface area contributed by atoms with Crippen LogP contribution in [0.25, 0.3) is 0 Å². The van der Waals surface area contributed by atoms with E-state index < -0.39 is 115 Å². The van der Waals surface area contributed by atoms with Crippen LogP contribution in [0.2, 0.25) is 0 Å². The molecular formula is C41H62N16O10. The van der Waals surface area contributed by atoms with Gasteiger partial charge in [-0.2, -0.15) is 0 Å². The number of aliphatic carboxylic acids is 1. The minimum absolute atomic E-state index is 0.0407. The maximum absolute atomic E-state index is 13.7. The summed E-state index contributed by atoms with van der Waals surface area (Å²) in [5.41, 5.74) is 13.2. The highest BCUT2D eigenvalue weighted by molar-refractivity contribution is 5.97. The fraction of sp³-hybridized carbons (Fsp3) is 0.561. The molecule has 1 aliphatic heterocycles. The van der Waals surface area contributed by atoms with Crippen LogP contribution in [-0.2, 0) is 62.4 Å². The summed E-state index contributed by atoms with van der Waals surface area (Å²) in [5, 5.41) is 27.3. The molecule has 0 unspecified atom stereocenters. The molecule has 0 aromatic carbocycles. The third-order valence-corrected chi connectivity index (χ3v) is 10.8. The van der Waals surface area contributed by atoms with Gasteiger partial charge in [0.2, 0.25) is 47.3 Å². The van der Waals surface area contributed by atoms with Crippen molar-refractivity contribution in [3.8, 4) is 0 Å². The largest absolute Gasteiger partial charge is 0.480 e. The van der Waals surface area contributed by atoms with Crippen molar-refractivity contribution in [1.82, 2.24) is 72.0 Å². The number of carboxylic acids is 1. The number of hydrogen-bond donors (Lipinski definition) is 13. The van der Waals surface area contributed by atoms with Crippen LogP contribution in [0.5, 0.6) is 0 Å². The molecule has 7 atom stereocenters. The van der Waals surface area contributed by atoms with E-state index in [1.165, 1.54) is 49.4 Å². The number of hydrogen-bond acceptors (Lipinski definition) is 14. The van der Waals surface area contributed by atoms with Gasteiger partial charge in [-0.1, -0.05) is 13.8 Å². The Labute approximate surface area is 385 Å². The van der Waals surface area contributed by atoms with Gasteiger partial charge in [0, 0.05) is 61.5 Å². The predicted octanol–water partition coefficient (Wildman–Crippen LogP) is -4.25. The number of carbonyl (C=O) groups excluding carboxylic acids is 8. The Morgan fingerprint density at radius 1 is 0.701 bits per heavy atom. The Balaban J connectivity index is 1.28. The molecule has 26 nitrogen and oxygen atoms in total. The van der Waals surface area contributed by atoms with Crippen molar-refractivity contribution in [2.45, 2.75) is 114 Å². The Bertz CT molecular complexity index is 2110. The number of nitrogens with zero attached hydrogens (tertiary/aromatic N) is 4. The molecule has 0 bridgehead atoms. The molecule has 4 rings (SSSR count). The molecule has 15 N–H and O–H groups in total. The number of carboxylic acid groups (broad SMARTS) is 1. The van der Waals surface area contributed by atoms with Gasteiger partial charge in [0.1, 0.15) is 36.3 Å². The highest BCUT2D eigenvalue weighted by atomic mass is 16.4. The molecule has 4 heterocycles. The Morgan fingerprint density at radius 3 is 1.78 bits per heavy atom. The second-order valence-corrected chi connectivity index (χ2v) is 16.5. The molecule has 1 aliphatic rings. The van der Waals surface area contributed by atoms with Crippen LogP contribution >= 0.6 is 0 Å². The molecule has 366 valence electrons. The number of carbonyl (C=O) groups is 9. The van der Waals surface area contributed by atoms with E-state index in [1.807, 2.05) is 0 Å². The topological polar surface area (TPSA) is 399 Å². The van der Waals surface area contributed by atoms with Gasteiger partial charge in [-0.25, -0.2) is 19.7 Å². The zero-order chi connectivity index (χ0) is 49.0. The van der Waals surface area contributed by atoms with Gasteiger partial charge in [-0.15, -0.1) is 0 Å². The second-order valence-electron chi connectivity index (χ2n) is 16.5. The van der Waals surface area contributed by atoms with Crippen molar-refractivity contribution in [3.63, 3.8) is 0 Å². The summed E-state index contributed by atoms with van der Waals surface area (Å²) in [6, 6.07) is -7.92. The van der Waals surface area contributed by atoms with Crippen LogP contribution in [0.15, 0.2) is 37.6 Å². The highest BCUT2D eigenvalue weighted by Gasteiger charge is 2.40. The lowest BCUT2D eigenvalue weighted by Gasteiger charge is -2.31. The summed E-state index contributed by atoms with van der Waals surface area (Å²) in [4.78, 5) is 140. The van der Waals surface area contributed by atoms with Crippen LogP contribution in [0.4, 0.5) is 0 Å². The number of rotatable bonds is 27. The van der Waals surface area contributed by atoms with E-state index in [1.54, 1.807) is 13.8 Å². The third-order valence-electron chi connectivity index (χ3n) is 10.8. The number of amides is 8. The average Bonchev–Trinajstić information content (AvgIpc) is 4.15. The smallest absolute Gasteiger partial charge is 0.326 e. The van der Waals surface area contributed by atoms with Gasteiger partial charge in [-0.05, 0) is 51.5 Å². The van der Waals surface area contributed by atoms with Gasteiger partial charge in [0.05, 0.1) is 38.1 Å². The van der Waals surface area contributed by atoms with E-state index in [2.05, 4.69) is 67.1 Å². The quantitative estimate of drug-likeness (QED) is 0.0322. The first-order chi connectivity index (χ1) is 32.0. The lowest BCUT2D eigenvalue weighted by atomic mass is 10.0. The van der Waals surface area contributed by atoms with Gasteiger partial charge in [-0.3, -0.25) is 38.4 Å². The zero-order valence-corrected chi connectivity index (χ0v) is 37.6. The minimum atomic E-state index is -1.28. The normalized spacial score (nSPS) is 16.1. The van der Waals surface area contributed by atoms with Gasteiger partial charge in [0.15, 0.2) is 0 Å². The lowest BCUT2D eigenvalue weighted by Crippen LogP contribution is -2.58. The molecule has 0 spiro atoms. The molecule has 1 fully saturated rings. The highest BCUT2D eigenvalue weighted by Crippen LogP contribution is 2.21. The maximum Gasteiger partial charge on any atom is 0.326 e. The average molecular weight is 939 g/mol. The summed E-state index contributed by atoms with van der Waals surface area (Å²) in [6.45, 7) is 4.11. The van der Waals surface area contributed by atoms with Crippen molar-refractivity contribution in [2.24, 2.45) is 17.4 Å². The van der Waals surface area contributed by atoms with E-state index in [9.17, 15) is 48.3 Å². The van der Waals surface area contributed by atoms with Crippen LogP contribution in [0.3, 0.4) is 0 Å².